The van der Waals surface area contributed by atoms with Gasteiger partial charge in [0.15, 0.2) is 5.96 Å². The van der Waals surface area contributed by atoms with Crippen LogP contribution in [-0.4, -0.2) is 43.6 Å². The molecule has 1 N–H and O–H groups in total. The number of benzene rings is 2. The molecule has 7 heteroatoms. The summed E-state index contributed by atoms with van der Waals surface area (Å²) < 4.78 is 10.8. The molecule has 0 saturated carbocycles. The van der Waals surface area contributed by atoms with E-state index < -0.39 is 0 Å². The molecule has 1 aliphatic heterocycles. The predicted octanol–water partition coefficient (Wildman–Crippen LogP) is 4.23. The topological polar surface area (TPSA) is 63.2 Å². The highest BCUT2D eigenvalue weighted by atomic mass is 127. The molecule has 0 unspecified atom stereocenters. The second kappa shape index (κ2) is 13.2. The Morgan fingerprint density at radius 2 is 1.71 bits per heavy atom. The fraction of sp³-hybridized carbons (Fsp3) is 0.417. The maximum atomic E-state index is 11.8. The highest BCUT2D eigenvalue weighted by molar-refractivity contribution is 14.0. The van der Waals surface area contributed by atoms with Crippen molar-refractivity contribution in [1.82, 2.24) is 10.2 Å². The first-order chi connectivity index (χ1) is 14.7. The summed E-state index contributed by atoms with van der Waals surface area (Å²) in [7, 11) is 1.46. The summed E-state index contributed by atoms with van der Waals surface area (Å²) in [5.41, 5.74) is 2.28. The lowest BCUT2D eigenvalue weighted by molar-refractivity contribution is -0.146. The maximum Gasteiger partial charge on any atom is 0.308 e. The van der Waals surface area contributed by atoms with Crippen molar-refractivity contribution >= 4 is 35.9 Å². The van der Waals surface area contributed by atoms with Crippen LogP contribution in [0.25, 0.3) is 0 Å². The Labute approximate surface area is 202 Å². The number of carbonyl (C=O) groups is 1. The van der Waals surface area contributed by atoms with Crippen LogP contribution in [0.3, 0.4) is 0 Å². The lowest BCUT2D eigenvalue weighted by Crippen LogP contribution is -2.46. The lowest BCUT2D eigenvalue weighted by Gasteiger charge is -2.33. The van der Waals surface area contributed by atoms with Gasteiger partial charge in [-0.25, -0.2) is 4.99 Å². The van der Waals surface area contributed by atoms with Crippen LogP contribution >= 0.6 is 24.0 Å². The molecule has 6 nitrogen and oxygen atoms in total. The van der Waals surface area contributed by atoms with Gasteiger partial charge in [-0.2, -0.15) is 0 Å². The van der Waals surface area contributed by atoms with Crippen molar-refractivity contribution in [2.75, 3.05) is 26.7 Å². The van der Waals surface area contributed by atoms with Gasteiger partial charge in [0, 0.05) is 19.6 Å². The van der Waals surface area contributed by atoms with Gasteiger partial charge in [0.2, 0.25) is 0 Å². The predicted molar refractivity (Wildman–Crippen MR) is 134 cm³/mol. The fourth-order valence-electron chi connectivity index (χ4n) is 3.61. The first kappa shape index (κ1) is 25.0. The van der Waals surface area contributed by atoms with E-state index in [2.05, 4.69) is 29.3 Å². The van der Waals surface area contributed by atoms with Crippen molar-refractivity contribution in [3.63, 3.8) is 0 Å². The van der Waals surface area contributed by atoms with Crippen LogP contribution in [0, 0.1) is 5.92 Å². The molecule has 1 saturated heterocycles. The van der Waals surface area contributed by atoms with E-state index in [0.717, 1.165) is 55.3 Å². The third kappa shape index (κ3) is 7.41. The number of hydrogen-bond donors (Lipinski definition) is 1. The number of aliphatic imine (C=N–C) groups is 1. The summed E-state index contributed by atoms with van der Waals surface area (Å²) in [6.07, 6.45) is 1.58. The van der Waals surface area contributed by atoms with E-state index in [0.29, 0.717) is 13.2 Å². The molecule has 2 aromatic carbocycles. The summed E-state index contributed by atoms with van der Waals surface area (Å²) in [4.78, 5) is 18.9. The van der Waals surface area contributed by atoms with Crippen LogP contribution < -0.4 is 10.1 Å². The molecule has 3 rings (SSSR count). The molecule has 0 radical (unpaired) electrons. The SMILES string of the molecule is CCNC(=NCc1ccccc1COc1ccccc1)N1CCC(C(=O)OC)CC1.I. The molecule has 0 aromatic heterocycles. The minimum Gasteiger partial charge on any atom is -0.489 e. The van der Waals surface area contributed by atoms with Gasteiger partial charge in [-0.15, -0.1) is 24.0 Å². The minimum absolute atomic E-state index is 0. The molecule has 0 amide bonds. The number of guanidine groups is 1. The molecule has 1 fully saturated rings. The van der Waals surface area contributed by atoms with Crippen LogP contribution in [0.5, 0.6) is 5.75 Å². The van der Waals surface area contributed by atoms with Gasteiger partial charge in [-0.3, -0.25) is 4.79 Å². The second-order valence-electron chi connectivity index (χ2n) is 7.33. The van der Waals surface area contributed by atoms with Gasteiger partial charge in [0.25, 0.3) is 0 Å². The Balaban J connectivity index is 0.00000341. The van der Waals surface area contributed by atoms with Crippen LogP contribution in [0.1, 0.15) is 30.9 Å². The minimum atomic E-state index is -0.107. The standard InChI is InChI=1S/C24H31N3O3.HI/c1-3-25-24(27-15-13-19(14-16-27)23(28)29-2)26-17-20-9-7-8-10-21(20)18-30-22-11-5-4-6-12-22;/h4-12,19H,3,13-18H2,1-2H3,(H,25,26);1H. The number of para-hydroxylation sites is 1. The first-order valence-electron chi connectivity index (χ1n) is 10.6. The number of rotatable bonds is 7. The molecular weight excluding hydrogens is 505 g/mol. The van der Waals surface area contributed by atoms with E-state index in [1.807, 2.05) is 42.5 Å². The average molecular weight is 537 g/mol. The van der Waals surface area contributed by atoms with Crippen LogP contribution in [0.2, 0.25) is 0 Å². The number of piperidine rings is 1. The second-order valence-corrected chi connectivity index (χ2v) is 7.33. The molecule has 168 valence electrons. The number of nitrogens with one attached hydrogen (secondary N) is 1. The average Bonchev–Trinajstić information content (AvgIpc) is 2.81. The van der Waals surface area contributed by atoms with Gasteiger partial charge in [-0.1, -0.05) is 42.5 Å². The van der Waals surface area contributed by atoms with Gasteiger partial charge >= 0.3 is 5.97 Å². The molecule has 0 bridgehead atoms. The van der Waals surface area contributed by atoms with Crippen LogP contribution in [-0.2, 0) is 22.7 Å². The van der Waals surface area contributed by atoms with Gasteiger partial charge in [0.1, 0.15) is 12.4 Å². The van der Waals surface area contributed by atoms with Crippen molar-refractivity contribution in [3.8, 4) is 5.75 Å². The highest BCUT2D eigenvalue weighted by Crippen LogP contribution is 2.19. The van der Waals surface area contributed by atoms with E-state index in [-0.39, 0.29) is 35.9 Å². The van der Waals surface area contributed by atoms with E-state index in [1.165, 1.54) is 7.11 Å². The number of nitrogens with zero attached hydrogens (tertiary/aromatic N) is 2. The maximum absolute atomic E-state index is 11.8. The van der Waals surface area contributed by atoms with Crippen molar-refractivity contribution in [1.29, 1.82) is 0 Å². The van der Waals surface area contributed by atoms with Crippen molar-refractivity contribution in [2.24, 2.45) is 10.9 Å². The summed E-state index contributed by atoms with van der Waals surface area (Å²) in [6, 6.07) is 18.1. The van der Waals surface area contributed by atoms with E-state index in [1.54, 1.807) is 0 Å². The summed E-state index contributed by atoms with van der Waals surface area (Å²) in [6.45, 7) is 5.55. The number of ether oxygens (including phenoxy) is 2. The summed E-state index contributed by atoms with van der Waals surface area (Å²) in [5.74, 6) is 1.63. The number of methoxy groups -OCH3 is 1. The Morgan fingerprint density at radius 3 is 2.35 bits per heavy atom. The molecule has 31 heavy (non-hydrogen) atoms. The molecular formula is C24H32IN3O3. The Bertz CT molecular complexity index is 837. The van der Waals surface area contributed by atoms with Crippen LogP contribution in [0.15, 0.2) is 59.6 Å². The largest absolute Gasteiger partial charge is 0.489 e. The third-order valence-electron chi connectivity index (χ3n) is 5.32. The van der Waals surface area contributed by atoms with Gasteiger partial charge < -0.3 is 19.7 Å². The van der Waals surface area contributed by atoms with E-state index >= 15 is 0 Å². The zero-order valence-electron chi connectivity index (χ0n) is 18.3. The Kier molecular flexibility index (Phi) is 10.6. The Morgan fingerprint density at radius 1 is 1.06 bits per heavy atom. The normalized spacial score (nSPS) is 14.5. The molecule has 1 heterocycles. The first-order valence-corrected chi connectivity index (χ1v) is 10.6. The smallest absolute Gasteiger partial charge is 0.308 e. The summed E-state index contributed by atoms with van der Waals surface area (Å²) in [5, 5.41) is 3.39. The quantitative estimate of drug-likeness (QED) is 0.248. The van der Waals surface area contributed by atoms with Gasteiger partial charge in [-0.05, 0) is 43.0 Å². The van der Waals surface area contributed by atoms with Crippen molar-refractivity contribution in [3.05, 3.63) is 65.7 Å². The highest BCUT2D eigenvalue weighted by Gasteiger charge is 2.26. The number of likely N-dealkylation sites (tertiary alicyclic amines) is 1. The molecule has 1 aliphatic rings. The molecule has 0 atom stereocenters. The van der Waals surface area contributed by atoms with Crippen molar-refractivity contribution in [2.45, 2.75) is 32.9 Å². The zero-order valence-corrected chi connectivity index (χ0v) is 20.6. The van der Waals surface area contributed by atoms with E-state index in [4.69, 9.17) is 14.5 Å². The number of hydrogen-bond acceptors (Lipinski definition) is 4. The zero-order chi connectivity index (χ0) is 21.2. The number of carbonyl (C=O) groups excluding carboxylic acids is 1. The molecule has 0 aliphatic carbocycles. The third-order valence-corrected chi connectivity index (χ3v) is 5.32. The van der Waals surface area contributed by atoms with E-state index in [9.17, 15) is 4.79 Å². The summed E-state index contributed by atoms with van der Waals surface area (Å²) >= 11 is 0. The number of halogens is 1. The number of esters is 1. The lowest BCUT2D eigenvalue weighted by atomic mass is 9.97. The molecule has 2 aromatic rings. The Hall–Kier alpha value is -2.29. The fourth-order valence-corrected chi connectivity index (χ4v) is 3.61. The van der Waals surface area contributed by atoms with Gasteiger partial charge in [0.05, 0.1) is 19.6 Å². The monoisotopic (exact) mass is 537 g/mol. The van der Waals surface area contributed by atoms with Crippen LogP contribution in [0.4, 0.5) is 0 Å². The molecule has 0 spiro atoms. The van der Waals surface area contributed by atoms with Crippen molar-refractivity contribution < 1.29 is 14.3 Å².